The van der Waals surface area contributed by atoms with Gasteiger partial charge in [-0.3, -0.25) is 4.57 Å². The largest absolute Gasteiger partial charge is 0.329 e. The third kappa shape index (κ3) is 1.79. The molecule has 1 N–H and O–H groups in total. The molecule has 100 valence electrons. The van der Waals surface area contributed by atoms with E-state index in [1.165, 1.54) is 5.56 Å². The van der Waals surface area contributed by atoms with Gasteiger partial charge in [0.25, 0.3) is 0 Å². The summed E-state index contributed by atoms with van der Waals surface area (Å²) in [6, 6.07) is 13.2. The fourth-order valence-corrected chi connectivity index (χ4v) is 3.28. The van der Waals surface area contributed by atoms with E-state index in [0.717, 1.165) is 27.9 Å². The van der Waals surface area contributed by atoms with Gasteiger partial charge in [-0.15, -0.1) is 0 Å². The molecule has 3 nitrogen and oxygen atoms in total. The van der Waals surface area contributed by atoms with Gasteiger partial charge < -0.3 is 4.98 Å². The summed E-state index contributed by atoms with van der Waals surface area (Å²) in [6.45, 7) is 2.05. The second-order valence-corrected chi connectivity index (χ2v) is 5.89. The van der Waals surface area contributed by atoms with Gasteiger partial charge in [0.15, 0.2) is 10.4 Å². The molecule has 0 aliphatic heterocycles. The fourth-order valence-electron chi connectivity index (χ4n) is 2.95. The Hall–Kier alpha value is -1.94. The van der Waals surface area contributed by atoms with Gasteiger partial charge in [-0.05, 0) is 42.8 Å². The van der Waals surface area contributed by atoms with Gasteiger partial charge in [0.05, 0.1) is 5.52 Å². The number of rotatable bonds is 2. The van der Waals surface area contributed by atoms with Crippen molar-refractivity contribution in [3.63, 3.8) is 0 Å². The zero-order chi connectivity index (χ0) is 13.7. The van der Waals surface area contributed by atoms with Crippen LogP contribution in [0.3, 0.4) is 0 Å². The second kappa shape index (κ2) is 4.28. The highest BCUT2D eigenvalue weighted by atomic mass is 32.1. The normalized spacial score (nSPS) is 21.2. The average molecular weight is 281 g/mol. The summed E-state index contributed by atoms with van der Waals surface area (Å²) in [5.41, 5.74) is 4.55. The maximum Gasteiger partial charge on any atom is 0.179 e. The van der Waals surface area contributed by atoms with Gasteiger partial charge in [0, 0.05) is 18.2 Å². The van der Waals surface area contributed by atoms with Crippen LogP contribution in [0.25, 0.3) is 11.2 Å². The molecule has 4 rings (SSSR count). The summed E-state index contributed by atoms with van der Waals surface area (Å²) in [7, 11) is 0. The summed E-state index contributed by atoms with van der Waals surface area (Å²) in [6.07, 6.45) is 3.04. The van der Waals surface area contributed by atoms with Crippen molar-refractivity contribution in [2.24, 2.45) is 0 Å². The van der Waals surface area contributed by atoms with Crippen LogP contribution in [0.2, 0.25) is 0 Å². The van der Waals surface area contributed by atoms with Crippen molar-refractivity contribution < 1.29 is 0 Å². The molecule has 2 heterocycles. The third-order valence-electron chi connectivity index (χ3n) is 4.01. The zero-order valence-electron chi connectivity index (χ0n) is 11.2. The SMILES string of the molecule is Cc1cnc2c(c1)[nH]c(=S)n2C1CC1c1ccccc1. The van der Waals surface area contributed by atoms with E-state index in [2.05, 4.69) is 50.9 Å². The van der Waals surface area contributed by atoms with Crippen molar-refractivity contribution in [1.82, 2.24) is 14.5 Å². The van der Waals surface area contributed by atoms with E-state index in [1.54, 1.807) is 0 Å². The molecule has 4 heteroatoms. The van der Waals surface area contributed by atoms with Gasteiger partial charge in [0.1, 0.15) is 0 Å². The van der Waals surface area contributed by atoms with Crippen molar-refractivity contribution in [2.75, 3.05) is 0 Å². The number of pyridine rings is 1. The number of nitrogens with zero attached hydrogens (tertiary/aromatic N) is 2. The number of fused-ring (bicyclic) bond motifs is 1. The predicted molar refractivity (Wildman–Crippen MR) is 82.5 cm³/mol. The lowest BCUT2D eigenvalue weighted by atomic mass is 10.1. The van der Waals surface area contributed by atoms with Crippen LogP contribution in [-0.4, -0.2) is 14.5 Å². The summed E-state index contributed by atoms with van der Waals surface area (Å²) < 4.78 is 2.96. The number of aromatic amines is 1. The quantitative estimate of drug-likeness (QED) is 0.716. The first-order valence-corrected chi connectivity index (χ1v) is 7.26. The molecule has 2 aromatic heterocycles. The van der Waals surface area contributed by atoms with E-state index in [4.69, 9.17) is 12.2 Å². The fraction of sp³-hybridized carbons (Fsp3) is 0.250. The maximum atomic E-state index is 5.48. The molecule has 0 bridgehead atoms. The molecule has 0 radical (unpaired) electrons. The van der Waals surface area contributed by atoms with E-state index in [9.17, 15) is 0 Å². The first-order chi connectivity index (χ1) is 9.74. The molecule has 1 fully saturated rings. The molecule has 20 heavy (non-hydrogen) atoms. The topological polar surface area (TPSA) is 33.6 Å². The van der Waals surface area contributed by atoms with Crippen molar-refractivity contribution in [3.8, 4) is 0 Å². The number of H-pyrrole nitrogens is 1. The number of hydrogen-bond donors (Lipinski definition) is 1. The van der Waals surface area contributed by atoms with Crippen LogP contribution in [0.15, 0.2) is 42.6 Å². The van der Waals surface area contributed by atoms with Crippen LogP contribution < -0.4 is 0 Å². The molecule has 0 amide bonds. The highest BCUT2D eigenvalue weighted by molar-refractivity contribution is 7.71. The molecule has 2 atom stereocenters. The van der Waals surface area contributed by atoms with Gasteiger partial charge in [-0.2, -0.15) is 0 Å². The first kappa shape index (κ1) is 11.9. The van der Waals surface area contributed by atoms with Gasteiger partial charge in [0.2, 0.25) is 0 Å². The van der Waals surface area contributed by atoms with Crippen LogP contribution in [0.4, 0.5) is 0 Å². The average Bonchev–Trinajstić information content (AvgIpc) is 3.16. The number of aromatic nitrogens is 3. The lowest BCUT2D eigenvalue weighted by Crippen LogP contribution is -1.97. The van der Waals surface area contributed by atoms with Crippen molar-refractivity contribution in [3.05, 3.63) is 58.5 Å². The van der Waals surface area contributed by atoms with E-state index in [1.807, 2.05) is 13.1 Å². The van der Waals surface area contributed by atoms with Gasteiger partial charge >= 0.3 is 0 Å². The van der Waals surface area contributed by atoms with Gasteiger partial charge in [-0.1, -0.05) is 30.3 Å². The minimum atomic E-state index is 0.439. The van der Waals surface area contributed by atoms with Gasteiger partial charge in [-0.25, -0.2) is 4.98 Å². The highest BCUT2D eigenvalue weighted by Crippen LogP contribution is 2.52. The first-order valence-electron chi connectivity index (χ1n) is 6.86. The molecule has 1 aliphatic rings. The van der Waals surface area contributed by atoms with Crippen LogP contribution in [-0.2, 0) is 0 Å². The Balaban J connectivity index is 1.78. The maximum absolute atomic E-state index is 5.48. The van der Waals surface area contributed by atoms with Crippen molar-refractivity contribution in [1.29, 1.82) is 0 Å². The molecule has 3 aromatic rings. The number of imidazole rings is 1. The smallest absolute Gasteiger partial charge is 0.179 e. The van der Waals surface area contributed by atoms with E-state index in [-0.39, 0.29) is 0 Å². The Labute approximate surface area is 122 Å². The third-order valence-corrected chi connectivity index (χ3v) is 4.31. The summed E-state index contributed by atoms with van der Waals surface area (Å²) >= 11 is 5.48. The predicted octanol–water partition coefficient (Wildman–Crippen LogP) is 4.13. The highest BCUT2D eigenvalue weighted by Gasteiger charge is 2.41. The zero-order valence-corrected chi connectivity index (χ0v) is 12.0. The summed E-state index contributed by atoms with van der Waals surface area (Å²) in [5.74, 6) is 0.560. The Kier molecular flexibility index (Phi) is 2.54. The van der Waals surface area contributed by atoms with Crippen LogP contribution in [0.1, 0.15) is 29.5 Å². The van der Waals surface area contributed by atoms with E-state index in [0.29, 0.717) is 12.0 Å². The Morgan fingerprint density at radius 2 is 2.10 bits per heavy atom. The number of benzene rings is 1. The molecular formula is C16H15N3S. The van der Waals surface area contributed by atoms with Crippen LogP contribution in [0.5, 0.6) is 0 Å². The van der Waals surface area contributed by atoms with Crippen LogP contribution >= 0.6 is 12.2 Å². The lowest BCUT2D eigenvalue weighted by molar-refractivity contribution is 0.721. The molecule has 1 aliphatic carbocycles. The second-order valence-electron chi connectivity index (χ2n) is 5.50. The Morgan fingerprint density at radius 3 is 2.90 bits per heavy atom. The molecule has 0 spiro atoms. The van der Waals surface area contributed by atoms with Crippen molar-refractivity contribution in [2.45, 2.75) is 25.3 Å². The van der Waals surface area contributed by atoms with E-state index >= 15 is 0 Å². The molecule has 1 saturated carbocycles. The minimum absolute atomic E-state index is 0.439. The Morgan fingerprint density at radius 1 is 1.30 bits per heavy atom. The van der Waals surface area contributed by atoms with E-state index < -0.39 is 0 Å². The standard InChI is InChI=1S/C16H15N3S/c1-10-7-13-15(17-9-10)19(16(20)18-13)14-8-12(14)11-5-3-2-4-6-11/h2-7,9,12,14H,8H2,1H3,(H,18,20). The Bertz CT molecular complexity index is 832. The molecule has 2 unspecified atom stereocenters. The lowest BCUT2D eigenvalue weighted by Gasteiger charge is -2.03. The summed E-state index contributed by atoms with van der Waals surface area (Å²) in [5, 5.41) is 0. The molecular weight excluding hydrogens is 266 g/mol. The minimum Gasteiger partial charge on any atom is -0.329 e. The number of hydrogen-bond acceptors (Lipinski definition) is 2. The molecule has 0 saturated heterocycles. The van der Waals surface area contributed by atoms with Crippen molar-refractivity contribution >= 4 is 23.4 Å². The molecule has 1 aromatic carbocycles. The monoisotopic (exact) mass is 281 g/mol. The number of nitrogens with one attached hydrogen (secondary N) is 1. The summed E-state index contributed by atoms with van der Waals surface area (Å²) in [4.78, 5) is 7.83. The van der Waals surface area contributed by atoms with Crippen LogP contribution in [0, 0.1) is 11.7 Å². The number of aryl methyl sites for hydroxylation is 1.